The molecule has 10 heteroatoms. The number of carbonyl (C=O) groups is 2. The molecule has 1 atom stereocenters. The van der Waals surface area contributed by atoms with Crippen LogP contribution in [0.5, 0.6) is 17.2 Å². The third kappa shape index (κ3) is 6.52. The Labute approximate surface area is 223 Å². The lowest BCUT2D eigenvalue weighted by molar-refractivity contribution is -0.115. The van der Waals surface area contributed by atoms with E-state index in [1.54, 1.807) is 37.4 Å². The van der Waals surface area contributed by atoms with Crippen molar-refractivity contribution in [1.29, 1.82) is 0 Å². The van der Waals surface area contributed by atoms with Crippen molar-refractivity contribution in [2.75, 3.05) is 31.5 Å². The number of hydrogen-bond acceptors (Lipinski definition) is 8. The maximum atomic E-state index is 12.8. The van der Waals surface area contributed by atoms with Gasteiger partial charge in [-0.2, -0.15) is 0 Å². The second-order valence-electron chi connectivity index (χ2n) is 7.88. The normalized spacial score (nSPS) is 11.6. The van der Waals surface area contributed by atoms with E-state index in [4.69, 9.17) is 14.2 Å². The Morgan fingerprint density at radius 2 is 1.73 bits per heavy atom. The fourth-order valence-corrected chi connectivity index (χ4v) is 5.24. The quantitative estimate of drug-likeness (QED) is 0.236. The highest BCUT2D eigenvalue weighted by Crippen LogP contribution is 2.31. The van der Waals surface area contributed by atoms with Crippen molar-refractivity contribution in [2.45, 2.75) is 24.0 Å². The fraction of sp³-hybridized carbons (Fsp3) is 0.222. The monoisotopic (exact) mass is 537 g/mol. The molecule has 1 heterocycles. The van der Waals surface area contributed by atoms with Gasteiger partial charge in [0.15, 0.2) is 16.6 Å². The molecule has 192 valence electrons. The summed E-state index contributed by atoms with van der Waals surface area (Å²) in [6.07, 6.45) is 0. The summed E-state index contributed by atoms with van der Waals surface area (Å²) in [5.74, 6) is 1.41. The van der Waals surface area contributed by atoms with Crippen molar-refractivity contribution in [1.82, 2.24) is 4.98 Å². The van der Waals surface area contributed by atoms with Crippen LogP contribution in [0.15, 0.2) is 65.6 Å². The highest BCUT2D eigenvalue weighted by atomic mass is 32.2. The largest absolute Gasteiger partial charge is 0.494 e. The van der Waals surface area contributed by atoms with Crippen molar-refractivity contribution in [3.8, 4) is 17.2 Å². The standard InChI is InChI=1S/C27H27N3O5S2/c1-5-35-19-9-12-21-24(15-19)37-27(29-21)30-25(31)16(2)36-20-10-7-18(8-11-20)28-26(32)17-6-13-22(33-3)23(14-17)34-4/h6-16H,5H2,1-4H3,(H,28,32)(H,29,30,31). The average Bonchev–Trinajstić information content (AvgIpc) is 3.31. The first kappa shape index (κ1) is 26.3. The summed E-state index contributed by atoms with van der Waals surface area (Å²) in [6, 6.07) is 18.0. The minimum Gasteiger partial charge on any atom is -0.494 e. The molecule has 0 saturated heterocycles. The zero-order valence-electron chi connectivity index (χ0n) is 20.9. The van der Waals surface area contributed by atoms with Crippen LogP contribution in [0.4, 0.5) is 10.8 Å². The molecule has 0 saturated carbocycles. The smallest absolute Gasteiger partial charge is 0.255 e. The lowest BCUT2D eigenvalue weighted by Crippen LogP contribution is -2.22. The minimum absolute atomic E-state index is 0.139. The van der Waals surface area contributed by atoms with E-state index in [-0.39, 0.29) is 17.1 Å². The zero-order chi connectivity index (χ0) is 26.4. The van der Waals surface area contributed by atoms with Crippen molar-refractivity contribution in [3.05, 3.63) is 66.2 Å². The molecule has 0 aliphatic rings. The second kappa shape index (κ2) is 12.0. The molecule has 0 aliphatic carbocycles. The molecule has 0 radical (unpaired) electrons. The van der Waals surface area contributed by atoms with Gasteiger partial charge in [-0.05, 0) is 74.5 Å². The molecule has 0 fully saturated rings. The highest BCUT2D eigenvalue weighted by molar-refractivity contribution is 8.00. The van der Waals surface area contributed by atoms with Crippen LogP contribution in [0.1, 0.15) is 24.2 Å². The van der Waals surface area contributed by atoms with E-state index in [0.717, 1.165) is 20.9 Å². The highest BCUT2D eigenvalue weighted by Gasteiger charge is 2.17. The first-order valence-corrected chi connectivity index (χ1v) is 13.2. The van der Waals surface area contributed by atoms with Gasteiger partial charge in [0.2, 0.25) is 5.91 Å². The predicted octanol–water partition coefficient (Wildman–Crippen LogP) is 6.08. The molecule has 0 spiro atoms. The number of fused-ring (bicyclic) bond motifs is 1. The molecule has 1 aromatic heterocycles. The number of methoxy groups -OCH3 is 2. The van der Waals surface area contributed by atoms with Gasteiger partial charge in [0.05, 0.1) is 36.3 Å². The summed E-state index contributed by atoms with van der Waals surface area (Å²) in [5.41, 5.74) is 1.90. The van der Waals surface area contributed by atoms with Crippen LogP contribution in [0, 0.1) is 0 Å². The first-order chi connectivity index (χ1) is 17.9. The number of anilines is 2. The molecule has 1 unspecified atom stereocenters. The summed E-state index contributed by atoms with van der Waals surface area (Å²) < 4.78 is 17.0. The first-order valence-electron chi connectivity index (χ1n) is 11.5. The SMILES string of the molecule is CCOc1ccc2nc(NC(=O)C(C)Sc3ccc(NC(=O)c4ccc(OC)c(OC)c4)cc3)sc2c1. The maximum Gasteiger partial charge on any atom is 0.255 e. The van der Waals surface area contributed by atoms with E-state index in [1.807, 2.05) is 44.2 Å². The van der Waals surface area contributed by atoms with Crippen LogP contribution in [-0.2, 0) is 4.79 Å². The minimum atomic E-state index is -0.349. The lowest BCUT2D eigenvalue weighted by atomic mass is 10.2. The van der Waals surface area contributed by atoms with E-state index in [1.165, 1.54) is 30.2 Å². The molecule has 2 amide bonds. The number of benzene rings is 3. The summed E-state index contributed by atoms with van der Waals surface area (Å²) in [5, 5.41) is 5.98. The third-order valence-electron chi connectivity index (χ3n) is 5.34. The molecular formula is C27H27N3O5S2. The topological polar surface area (TPSA) is 98.8 Å². The number of hydrogen-bond donors (Lipinski definition) is 2. The summed E-state index contributed by atoms with van der Waals surface area (Å²) in [4.78, 5) is 30.8. The molecular weight excluding hydrogens is 510 g/mol. The molecule has 8 nitrogen and oxygen atoms in total. The molecule has 3 aromatic carbocycles. The van der Waals surface area contributed by atoms with Gasteiger partial charge in [0.25, 0.3) is 5.91 Å². The van der Waals surface area contributed by atoms with Gasteiger partial charge in [0, 0.05) is 16.1 Å². The van der Waals surface area contributed by atoms with Gasteiger partial charge < -0.3 is 24.8 Å². The molecule has 37 heavy (non-hydrogen) atoms. The number of nitrogens with zero attached hydrogens (tertiary/aromatic N) is 1. The van der Waals surface area contributed by atoms with E-state index in [2.05, 4.69) is 15.6 Å². The van der Waals surface area contributed by atoms with Gasteiger partial charge in [-0.3, -0.25) is 9.59 Å². The van der Waals surface area contributed by atoms with Crippen LogP contribution in [0.2, 0.25) is 0 Å². The van der Waals surface area contributed by atoms with E-state index in [9.17, 15) is 9.59 Å². The predicted molar refractivity (Wildman–Crippen MR) is 149 cm³/mol. The summed E-state index contributed by atoms with van der Waals surface area (Å²) >= 11 is 2.83. The van der Waals surface area contributed by atoms with Crippen LogP contribution in [0.25, 0.3) is 10.2 Å². The number of rotatable bonds is 10. The number of nitrogens with one attached hydrogen (secondary N) is 2. The Hall–Kier alpha value is -3.76. The van der Waals surface area contributed by atoms with Crippen LogP contribution >= 0.6 is 23.1 Å². The van der Waals surface area contributed by atoms with Crippen LogP contribution < -0.4 is 24.8 Å². The van der Waals surface area contributed by atoms with Gasteiger partial charge in [-0.25, -0.2) is 4.98 Å². The van der Waals surface area contributed by atoms with Gasteiger partial charge in [0.1, 0.15) is 5.75 Å². The van der Waals surface area contributed by atoms with Crippen molar-refractivity contribution >= 4 is 55.9 Å². The number of aromatic nitrogens is 1. The van der Waals surface area contributed by atoms with Crippen LogP contribution in [-0.4, -0.2) is 42.9 Å². The van der Waals surface area contributed by atoms with Gasteiger partial charge >= 0.3 is 0 Å². The summed E-state index contributed by atoms with van der Waals surface area (Å²) in [6.45, 7) is 4.37. The maximum absolute atomic E-state index is 12.8. The van der Waals surface area contributed by atoms with Gasteiger partial charge in [-0.1, -0.05) is 11.3 Å². The lowest BCUT2D eigenvalue weighted by Gasteiger charge is -2.12. The zero-order valence-corrected chi connectivity index (χ0v) is 22.5. The van der Waals surface area contributed by atoms with Crippen molar-refractivity contribution < 1.29 is 23.8 Å². The van der Waals surface area contributed by atoms with Gasteiger partial charge in [-0.15, -0.1) is 11.8 Å². The molecule has 0 bridgehead atoms. The fourth-order valence-electron chi connectivity index (χ4n) is 3.48. The van der Waals surface area contributed by atoms with Crippen molar-refractivity contribution in [2.24, 2.45) is 0 Å². The number of thioether (sulfide) groups is 1. The summed E-state index contributed by atoms with van der Waals surface area (Å²) in [7, 11) is 3.07. The average molecular weight is 538 g/mol. The van der Waals surface area contributed by atoms with E-state index >= 15 is 0 Å². The Morgan fingerprint density at radius 1 is 0.973 bits per heavy atom. The molecule has 2 N–H and O–H groups in total. The van der Waals surface area contributed by atoms with Crippen LogP contribution in [0.3, 0.4) is 0 Å². The number of carbonyl (C=O) groups excluding carboxylic acids is 2. The Bertz CT molecular complexity index is 1410. The van der Waals surface area contributed by atoms with E-state index < -0.39 is 0 Å². The van der Waals surface area contributed by atoms with Crippen molar-refractivity contribution in [3.63, 3.8) is 0 Å². The van der Waals surface area contributed by atoms with E-state index in [0.29, 0.717) is 34.5 Å². The molecule has 0 aliphatic heterocycles. The Kier molecular flexibility index (Phi) is 8.52. The number of amides is 2. The Morgan fingerprint density at radius 3 is 2.43 bits per heavy atom. The second-order valence-corrected chi connectivity index (χ2v) is 10.3. The molecule has 4 aromatic rings. The third-order valence-corrected chi connectivity index (χ3v) is 7.39. The Balaban J connectivity index is 1.34. The number of ether oxygens (including phenoxy) is 3. The molecule has 4 rings (SSSR count). The number of thiazole rings is 1.